The third-order valence-electron chi connectivity index (χ3n) is 5.26. The van der Waals surface area contributed by atoms with Crippen molar-refractivity contribution in [3.63, 3.8) is 0 Å². The molecular formula is C26H23ClN2O5. The molecule has 174 valence electrons. The van der Waals surface area contributed by atoms with E-state index < -0.39 is 18.5 Å². The minimum absolute atomic E-state index is 0.0642. The van der Waals surface area contributed by atoms with Crippen LogP contribution in [-0.2, 0) is 20.9 Å². The zero-order valence-corrected chi connectivity index (χ0v) is 19.1. The summed E-state index contributed by atoms with van der Waals surface area (Å²) in [6.45, 7) is 0.447. The van der Waals surface area contributed by atoms with Crippen LogP contribution in [0.3, 0.4) is 0 Å². The molecule has 3 aromatic rings. The first-order valence-electron chi connectivity index (χ1n) is 10.8. The number of esters is 1. The number of benzene rings is 3. The molecule has 1 heterocycles. The normalized spacial score (nSPS) is 13.0. The van der Waals surface area contributed by atoms with E-state index in [1.165, 1.54) is 0 Å². The molecule has 7 nitrogen and oxygen atoms in total. The van der Waals surface area contributed by atoms with Crippen LogP contribution in [-0.4, -0.2) is 30.9 Å². The number of nitrogens with zero attached hydrogens (tertiary/aromatic N) is 1. The Hall–Kier alpha value is -3.84. The lowest BCUT2D eigenvalue weighted by Crippen LogP contribution is -2.24. The molecule has 1 fully saturated rings. The van der Waals surface area contributed by atoms with Crippen molar-refractivity contribution in [1.29, 1.82) is 0 Å². The van der Waals surface area contributed by atoms with Crippen molar-refractivity contribution in [3.8, 4) is 5.75 Å². The number of nitrogens with one attached hydrogen (secondary N) is 1. The highest BCUT2D eigenvalue weighted by Gasteiger charge is 2.22. The minimum Gasteiger partial charge on any atom is -0.488 e. The molecule has 0 aliphatic carbocycles. The first-order valence-corrected chi connectivity index (χ1v) is 11.2. The van der Waals surface area contributed by atoms with E-state index in [-0.39, 0.29) is 18.1 Å². The van der Waals surface area contributed by atoms with E-state index in [0.717, 1.165) is 17.7 Å². The second-order valence-corrected chi connectivity index (χ2v) is 8.17. The summed E-state index contributed by atoms with van der Waals surface area (Å²) in [5.74, 6) is -0.740. The van der Waals surface area contributed by atoms with Crippen LogP contribution in [0.1, 0.15) is 28.8 Å². The molecule has 0 saturated carbocycles. The van der Waals surface area contributed by atoms with Crippen LogP contribution in [0.5, 0.6) is 5.75 Å². The first kappa shape index (κ1) is 23.3. The lowest BCUT2D eigenvalue weighted by Gasteiger charge is -2.16. The zero-order valence-electron chi connectivity index (χ0n) is 18.3. The molecule has 8 heteroatoms. The van der Waals surface area contributed by atoms with Crippen molar-refractivity contribution in [1.82, 2.24) is 0 Å². The van der Waals surface area contributed by atoms with Gasteiger partial charge in [-0.15, -0.1) is 0 Å². The molecule has 0 radical (unpaired) electrons. The van der Waals surface area contributed by atoms with Crippen molar-refractivity contribution in [3.05, 3.63) is 88.9 Å². The molecule has 0 aromatic heterocycles. The second kappa shape index (κ2) is 10.9. The molecule has 4 rings (SSSR count). The summed E-state index contributed by atoms with van der Waals surface area (Å²) in [5, 5.41) is 3.32. The van der Waals surface area contributed by atoms with E-state index in [1.807, 2.05) is 18.2 Å². The molecule has 0 unspecified atom stereocenters. The number of amides is 2. The van der Waals surface area contributed by atoms with Gasteiger partial charge in [0.05, 0.1) is 0 Å². The molecule has 0 spiro atoms. The number of anilines is 2. The Bertz CT molecular complexity index is 1200. The van der Waals surface area contributed by atoms with Gasteiger partial charge in [-0.2, -0.15) is 0 Å². The van der Waals surface area contributed by atoms with Crippen LogP contribution < -0.4 is 15.0 Å². The molecule has 0 bridgehead atoms. The summed E-state index contributed by atoms with van der Waals surface area (Å²) >= 11 is 5.90. The Morgan fingerprint density at radius 1 is 1.00 bits per heavy atom. The number of carbonyl (C=O) groups is 3. The Labute approximate surface area is 202 Å². The Kier molecular flexibility index (Phi) is 7.44. The molecule has 1 aliphatic heterocycles. The number of para-hydroxylation sites is 1. The van der Waals surface area contributed by atoms with Gasteiger partial charge < -0.3 is 19.7 Å². The van der Waals surface area contributed by atoms with Crippen LogP contribution in [0, 0.1) is 0 Å². The summed E-state index contributed by atoms with van der Waals surface area (Å²) in [4.78, 5) is 38.6. The van der Waals surface area contributed by atoms with Gasteiger partial charge in [-0.05, 0) is 54.4 Å². The maximum absolute atomic E-state index is 12.6. The minimum atomic E-state index is -0.668. The van der Waals surface area contributed by atoms with E-state index in [4.69, 9.17) is 21.1 Å². The molecular weight excluding hydrogens is 456 g/mol. The van der Waals surface area contributed by atoms with E-state index in [2.05, 4.69) is 5.32 Å². The van der Waals surface area contributed by atoms with Crippen molar-refractivity contribution >= 4 is 40.8 Å². The van der Waals surface area contributed by atoms with Gasteiger partial charge in [0.15, 0.2) is 6.61 Å². The SMILES string of the molecule is O=C(COC(=O)c1ccccc1OCc1ccc(Cl)cc1)Nc1cccc(N2CCCC2=O)c1. The van der Waals surface area contributed by atoms with Crippen LogP contribution in [0.2, 0.25) is 5.02 Å². The Morgan fingerprint density at radius 3 is 2.56 bits per heavy atom. The number of hydrogen-bond donors (Lipinski definition) is 1. The summed E-state index contributed by atoms with van der Waals surface area (Å²) in [6, 6.07) is 20.9. The van der Waals surface area contributed by atoms with Crippen molar-refractivity contribution in [2.24, 2.45) is 0 Å². The number of halogens is 1. The number of carbonyl (C=O) groups excluding carboxylic acids is 3. The largest absolute Gasteiger partial charge is 0.488 e. The molecule has 1 aliphatic rings. The van der Waals surface area contributed by atoms with Gasteiger partial charge in [0.25, 0.3) is 5.91 Å². The zero-order chi connectivity index (χ0) is 23.9. The number of ether oxygens (including phenoxy) is 2. The monoisotopic (exact) mass is 478 g/mol. The second-order valence-electron chi connectivity index (χ2n) is 7.73. The fourth-order valence-corrected chi connectivity index (χ4v) is 3.71. The fraction of sp³-hybridized carbons (Fsp3) is 0.192. The standard InChI is InChI=1S/C26H23ClN2O5/c27-19-12-10-18(11-13-19)16-33-23-8-2-1-7-22(23)26(32)34-17-24(30)28-20-5-3-6-21(15-20)29-14-4-9-25(29)31/h1-3,5-8,10-13,15H,4,9,14,16-17H2,(H,28,30). The molecule has 34 heavy (non-hydrogen) atoms. The van der Waals surface area contributed by atoms with Crippen LogP contribution in [0.4, 0.5) is 11.4 Å². The molecule has 0 atom stereocenters. The van der Waals surface area contributed by atoms with Crippen molar-refractivity contribution in [2.75, 3.05) is 23.4 Å². The number of hydrogen-bond acceptors (Lipinski definition) is 5. The van der Waals surface area contributed by atoms with Crippen LogP contribution >= 0.6 is 11.6 Å². The highest BCUT2D eigenvalue weighted by Crippen LogP contribution is 2.24. The van der Waals surface area contributed by atoms with Crippen LogP contribution in [0.25, 0.3) is 0 Å². The topological polar surface area (TPSA) is 84.9 Å². The molecule has 2 amide bonds. The number of rotatable bonds is 8. The van der Waals surface area contributed by atoms with Gasteiger partial charge >= 0.3 is 5.97 Å². The van der Waals surface area contributed by atoms with Crippen LogP contribution in [0.15, 0.2) is 72.8 Å². The predicted molar refractivity (Wildman–Crippen MR) is 129 cm³/mol. The lowest BCUT2D eigenvalue weighted by molar-refractivity contribution is -0.119. The first-order chi connectivity index (χ1) is 16.5. The summed E-state index contributed by atoms with van der Waals surface area (Å²) < 4.78 is 11.0. The fourth-order valence-electron chi connectivity index (χ4n) is 3.58. The van der Waals surface area contributed by atoms with Gasteiger partial charge in [-0.1, -0.05) is 41.9 Å². The summed E-state index contributed by atoms with van der Waals surface area (Å²) in [7, 11) is 0. The van der Waals surface area contributed by atoms with Crippen molar-refractivity contribution < 1.29 is 23.9 Å². The van der Waals surface area contributed by atoms with Crippen molar-refractivity contribution in [2.45, 2.75) is 19.4 Å². The van der Waals surface area contributed by atoms with E-state index >= 15 is 0 Å². The van der Waals surface area contributed by atoms with Gasteiger partial charge in [-0.25, -0.2) is 4.79 Å². The highest BCUT2D eigenvalue weighted by atomic mass is 35.5. The van der Waals surface area contributed by atoms with Gasteiger partial charge in [-0.3, -0.25) is 9.59 Å². The van der Waals surface area contributed by atoms with Gasteiger partial charge in [0, 0.05) is 29.4 Å². The third-order valence-corrected chi connectivity index (χ3v) is 5.52. The Balaban J connectivity index is 1.33. The van der Waals surface area contributed by atoms with Gasteiger partial charge in [0.1, 0.15) is 17.9 Å². The quantitative estimate of drug-likeness (QED) is 0.468. The van der Waals surface area contributed by atoms with Gasteiger partial charge in [0.2, 0.25) is 5.91 Å². The van der Waals surface area contributed by atoms with E-state index in [0.29, 0.717) is 29.4 Å². The average molecular weight is 479 g/mol. The smallest absolute Gasteiger partial charge is 0.342 e. The predicted octanol–water partition coefficient (Wildman–Crippen LogP) is 4.84. The lowest BCUT2D eigenvalue weighted by atomic mass is 10.2. The van der Waals surface area contributed by atoms with E-state index in [9.17, 15) is 14.4 Å². The molecule has 1 saturated heterocycles. The maximum atomic E-state index is 12.6. The molecule has 1 N–H and O–H groups in total. The highest BCUT2D eigenvalue weighted by molar-refractivity contribution is 6.30. The summed E-state index contributed by atoms with van der Waals surface area (Å²) in [6.07, 6.45) is 1.34. The Morgan fingerprint density at radius 2 is 1.79 bits per heavy atom. The average Bonchev–Trinajstić information content (AvgIpc) is 3.28. The third kappa shape index (κ3) is 5.94. The summed E-state index contributed by atoms with van der Waals surface area (Å²) in [5.41, 5.74) is 2.36. The van der Waals surface area contributed by atoms with E-state index in [1.54, 1.807) is 59.5 Å². The maximum Gasteiger partial charge on any atom is 0.342 e. The molecule has 3 aromatic carbocycles.